The van der Waals surface area contributed by atoms with Crippen LogP contribution in [0.3, 0.4) is 0 Å². The van der Waals surface area contributed by atoms with Gasteiger partial charge in [-0.1, -0.05) is 30.7 Å². The van der Waals surface area contributed by atoms with Gasteiger partial charge in [-0.05, 0) is 57.3 Å². The Balaban J connectivity index is 1.53. The second-order valence-corrected chi connectivity index (χ2v) is 11.1. The topological polar surface area (TPSA) is 112 Å². The molecule has 39 heavy (non-hydrogen) atoms. The first kappa shape index (κ1) is 32.8. The van der Waals surface area contributed by atoms with Crippen molar-refractivity contribution in [2.45, 2.75) is 56.2 Å². The summed E-state index contributed by atoms with van der Waals surface area (Å²) in [5.74, 6) is -0.0428. The lowest BCUT2D eigenvalue weighted by Gasteiger charge is -2.17. The van der Waals surface area contributed by atoms with Gasteiger partial charge in [-0.15, -0.1) is 13.2 Å². The van der Waals surface area contributed by atoms with Crippen LogP contribution < -0.4 is 25.7 Å². The van der Waals surface area contributed by atoms with Gasteiger partial charge in [0.1, 0.15) is 0 Å². The van der Waals surface area contributed by atoms with Gasteiger partial charge in [0.2, 0.25) is 15.9 Å². The Morgan fingerprint density at radius 3 is 2.26 bits per heavy atom. The van der Waals surface area contributed by atoms with Crippen molar-refractivity contribution in [2.24, 2.45) is 0 Å². The van der Waals surface area contributed by atoms with Crippen molar-refractivity contribution in [3.8, 4) is 0 Å². The van der Waals surface area contributed by atoms with Crippen LogP contribution in [0, 0.1) is 0 Å². The molecule has 2 aromatic rings. The number of halogens is 3. The van der Waals surface area contributed by atoms with E-state index in [-0.39, 0.29) is 17.3 Å². The van der Waals surface area contributed by atoms with Crippen molar-refractivity contribution in [3.05, 3.63) is 36.4 Å². The molecular formula is C26H40F3N5O4S. The van der Waals surface area contributed by atoms with Crippen molar-refractivity contribution in [2.75, 3.05) is 51.7 Å². The normalized spacial score (nSPS) is 12.1. The zero-order chi connectivity index (χ0) is 28.7. The lowest BCUT2D eigenvalue weighted by Crippen LogP contribution is -2.28. The quantitative estimate of drug-likeness (QED) is 0.149. The van der Waals surface area contributed by atoms with E-state index in [0.717, 1.165) is 23.9 Å². The number of fused-ring (bicyclic) bond motifs is 1. The van der Waals surface area contributed by atoms with Crippen LogP contribution in [0.5, 0.6) is 0 Å². The van der Waals surface area contributed by atoms with E-state index < -0.39 is 16.4 Å². The number of benzene rings is 2. The summed E-state index contributed by atoms with van der Waals surface area (Å²) >= 11 is 0. The van der Waals surface area contributed by atoms with Gasteiger partial charge in [0.25, 0.3) is 0 Å². The maximum atomic E-state index is 12.9. The molecule has 220 valence electrons. The van der Waals surface area contributed by atoms with Gasteiger partial charge in [0.15, 0.2) is 0 Å². The molecular weight excluding hydrogens is 535 g/mol. The summed E-state index contributed by atoms with van der Waals surface area (Å²) in [5.41, 5.74) is 2.82. The van der Waals surface area contributed by atoms with Crippen LogP contribution in [-0.4, -0.2) is 67.5 Å². The minimum Gasteiger partial charge on any atom is -0.377 e. The first-order valence-corrected chi connectivity index (χ1v) is 14.6. The van der Waals surface area contributed by atoms with E-state index in [0.29, 0.717) is 63.7 Å². The number of nitrogens with zero attached hydrogens (tertiary/aromatic N) is 1. The van der Waals surface area contributed by atoms with Crippen LogP contribution in [-0.2, 0) is 19.7 Å². The second kappa shape index (κ2) is 16.6. The minimum absolute atomic E-state index is 0.0428. The van der Waals surface area contributed by atoms with Crippen LogP contribution in [0.15, 0.2) is 41.3 Å². The number of amides is 1. The van der Waals surface area contributed by atoms with Gasteiger partial charge in [0.05, 0.1) is 4.90 Å². The average Bonchev–Trinajstić information content (AvgIpc) is 2.87. The van der Waals surface area contributed by atoms with Crippen molar-refractivity contribution in [3.63, 3.8) is 0 Å². The van der Waals surface area contributed by atoms with E-state index in [1.165, 1.54) is 0 Å². The molecule has 1 amide bonds. The van der Waals surface area contributed by atoms with E-state index in [4.69, 9.17) is 0 Å². The lowest BCUT2D eigenvalue weighted by molar-refractivity contribution is -0.350. The van der Waals surface area contributed by atoms with E-state index >= 15 is 0 Å². The SMILES string of the molecule is CN(C)c1cccc2c(S(=O)(=O)NCCCCCC(=O)NCCCNCCCCNOC(F)(F)F)cccc12. The highest BCUT2D eigenvalue weighted by Gasteiger charge is 2.29. The van der Waals surface area contributed by atoms with Crippen LogP contribution in [0.25, 0.3) is 10.8 Å². The van der Waals surface area contributed by atoms with Crippen LogP contribution >= 0.6 is 0 Å². The minimum atomic E-state index is -4.67. The molecule has 0 aliphatic carbocycles. The van der Waals surface area contributed by atoms with Crippen molar-refractivity contribution < 1.29 is 31.2 Å². The second-order valence-electron chi connectivity index (χ2n) is 9.33. The number of hydrogen-bond donors (Lipinski definition) is 4. The summed E-state index contributed by atoms with van der Waals surface area (Å²) < 4.78 is 63.9. The molecule has 4 N–H and O–H groups in total. The summed E-state index contributed by atoms with van der Waals surface area (Å²) in [6, 6.07) is 10.9. The number of sulfonamides is 1. The zero-order valence-electron chi connectivity index (χ0n) is 22.6. The Labute approximate surface area is 228 Å². The predicted octanol–water partition coefficient (Wildman–Crippen LogP) is 3.66. The Hall–Kier alpha value is -2.45. The number of nitrogens with one attached hydrogen (secondary N) is 4. The number of rotatable bonds is 19. The summed E-state index contributed by atoms with van der Waals surface area (Å²) in [4.78, 5) is 17.7. The van der Waals surface area contributed by atoms with Gasteiger partial charge < -0.3 is 15.5 Å². The van der Waals surface area contributed by atoms with Gasteiger partial charge in [-0.2, -0.15) is 5.48 Å². The molecule has 0 atom stereocenters. The molecule has 13 heteroatoms. The molecule has 2 aromatic carbocycles. The smallest absolute Gasteiger partial charge is 0.377 e. The largest absolute Gasteiger partial charge is 0.538 e. The summed E-state index contributed by atoms with van der Waals surface area (Å²) in [5, 5.41) is 7.58. The fourth-order valence-electron chi connectivity index (χ4n) is 4.00. The molecule has 0 saturated heterocycles. The monoisotopic (exact) mass is 575 g/mol. The Kier molecular flexibility index (Phi) is 14.0. The van der Waals surface area contributed by atoms with Gasteiger partial charge in [-0.3, -0.25) is 4.79 Å². The standard InChI is InChI=1S/C26H40F3N5O4S/c1-34(2)23-13-8-12-22-21(23)11-9-14-24(22)39(36,37)33-20-5-3-4-15-25(35)31-18-10-17-30-16-6-7-19-32-38-26(27,28)29/h8-9,11-14,30,32-33H,3-7,10,15-20H2,1-2H3,(H,31,35). The Morgan fingerprint density at radius 1 is 0.846 bits per heavy atom. The Morgan fingerprint density at radius 2 is 1.51 bits per heavy atom. The number of hydroxylamine groups is 1. The molecule has 0 unspecified atom stereocenters. The number of carbonyl (C=O) groups is 1. The molecule has 0 fully saturated rings. The Bertz CT molecular complexity index is 1130. The summed E-state index contributed by atoms with van der Waals surface area (Å²) in [7, 11) is 0.168. The fraction of sp³-hybridized carbons (Fsp3) is 0.577. The van der Waals surface area contributed by atoms with Crippen molar-refractivity contribution in [1.29, 1.82) is 0 Å². The third-order valence-corrected chi connectivity index (χ3v) is 7.45. The lowest BCUT2D eigenvalue weighted by atomic mass is 10.1. The molecule has 2 rings (SSSR count). The highest BCUT2D eigenvalue weighted by atomic mass is 32.2. The van der Waals surface area contributed by atoms with E-state index in [1.807, 2.05) is 48.7 Å². The number of carbonyl (C=O) groups excluding carboxylic acids is 1. The predicted molar refractivity (Wildman–Crippen MR) is 147 cm³/mol. The fourth-order valence-corrected chi connectivity index (χ4v) is 5.29. The molecule has 9 nitrogen and oxygen atoms in total. The van der Waals surface area contributed by atoms with Gasteiger partial charge in [-0.25, -0.2) is 18.0 Å². The first-order chi connectivity index (χ1) is 18.5. The molecule has 0 radical (unpaired) electrons. The molecule has 0 spiro atoms. The van der Waals surface area contributed by atoms with Crippen LogP contribution in [0.4, 0.5) is 18.9 Å². The number of anilines is 1. The maximum absolute atomic E-state index is 12.9. The van der Waals surface area contributed by atoms with Crippen molar-refractivity contribution >= 4 is 32.4 Å². The maximum Gasteiger partial charge on any atom is 0.538 e. The highest BCUT2D eigenvalue weighted by Crippen LogP contribution is 2.30. The molecule has 0 saturated carbocycles. The number of unbranched alkanes of at least 4 members (excludes halogenated alkanes) is 3. The molecule has 0 bridgehead atoms. The van der Waals surface area contributed by atoms with Gasteiger partial charge >= 0.3 is 6.36 Å². The van der Waals surface area contributed by atoms with E-state index in [1.54, 1.807) is 12.1 Å². The van der Waals surface area contributed by atoms with E-state index in [9.17, 15) is 26.4 Å². The van der Waals surface area contributed by atoms with Gasteiger partial charge in [0, 0.05) is 56.6 Å². The van der Waals surface area contributed by atoms with Crippen LogP contribution in [0.1, 0.15) is 44.9 Å². The number of hydrogen-bond acceptors (Lipinski definition) is 7. The number of alkyl halides is 3. The summed E-state index contributed by atoms with van der Waals surface area (Å²) in [6.45, 7) is 2.31. The van der Waals surface area contributed by atoms with E-state index in [2.05, 4.69) is 20.2 Å². The molecule has 0 aromatic heterocycles. The highest BCUT2D eigenvalue weighted by molar-refractivity contribution is 7.89. The summed E-state index contributed by atoms with van der Waals surface area (Å²) in [6.07, 6.45) is -0.283. The third-order valence-electron chi connectivity index (χ3n) is 5.93. The average molecular weight is 576 g/mol. The zero-order valence-corrected chi connectivity index (χ0v) is 23.4. The molecule has 0 heterocycles. The molecule has 0 aliphatic heterocycles. The van der Waals surface area contributed by atoms with Crippen molar-refractivity contribution in [1.82, 2.24) is 20.8 Å². The van der Waals surface area contributed by atoms with Crippen LogP contribution in [0.2, 0.25) is 0 Å². The third kappa shape index (κ3) is 12.5. The molecule has 0 aliphatic rings. The first-order valence-electron chi connectivity index (χ1n) is 13.1.